The maximum atomic E-state index is 13.4. The number of nitrogens with one attached hydrogen (secondary N) is 2. The highest BCUT2D eigenvalue weighted by Crippen LogP contribution is 2.30. The Hall–Kier alpha value is -3.55. The van der Waals surface area contributed by atoms with E-state index >= 15 is 0 Å². The van der Waals surface area contributed by atoms with Gasteiger partial charge in [0, 0.05) is 32.3 Å². The molecule has 0 radical (unpaired) electrons. The van der Waals surface area contributed by atoms with E-state index in [1.807, 2.05) is 0 Å². The van der Waals surface area contributed by atoms with Crippen LogP contribution >= 0.6 is 0 Å². The van der Waals surface area contributed by atoms with E-state index in [-0.39, 0.29) is 22.9 Å². The van der Waals surface area contributed by atoms with Crippen molar-refractivity contribution in [1.82, 2.24) is 15.9 Å². The molecule has 0 aliphatic rings. The van der Waals surface area contributed by atoms with Crippen LogP contribution in [0.15, 0.2) is 42.5 Å². The predicted molar refractivity (Wildman–Crippen MR) is 121 cm³/mol. The molecule has 0 bridgehead atoms. The van der Waals surface area contributed by atoms with Crippen LogP contribution in [0, 0.1) is 17.8 Å². The van der Waals surface area contributed by atoms with Crippen LogP contribution in [0.4, 0.5) is 0 Å². The number of nitrogens with zero attached hydrogens (tertiary/aromatic N) is 1. The van der Waals surface area contributed by atoms with E-state index < -0.39 is 29.1 Å². The molecule has 0 aliphatic heterocycles. The molecule has 0 saturated carbocycles. The Kier molecular flexibility index (Phi) is 8.45. The van der Waals surface area contributed by atoms with Gasteiger partial charge in [0.2, 0.25) is 5.91 Å². The molecule has 0 heterocycles. The molecule has 2 atom stereocenters. The Morgan fingerprint density at radius 2 is 1.76 bits per heavy atom. The van der Waals surface area contributed by atoms with Crippen molar-refractivity contribution in [2.75, 3.05) is 27.8 Å². The second kappa shape index (κ2) is 10.8. The zero-order valence-corrected chi connectivity index (χ0v) is 18.9. The monoisotopic (exact) mass is 453 g/mol. The molecule has 0 unspecified atom stereocenters. The third-order valence-electron chi connectivity index (χ3n) is 5.34. The Balaban J connectivity index is 2.48. The van der Waals surface area contributed by atoms with E-state index in [2.05, 4.69) is 16.7 Å². The molecule has 0 aliphatic carbocycles. The van der Waals surface area contributed by atoms with Crippen LogP contribution in [-0.4, -0.2) is 60.9 Å². The number of rotatable bonds is 9. The number of carbonyl (C=O) groups excluding carboxylic acids is 3. The number of aliphatic hydroxyl groups is 1. The molecule has 2 rings (SSSR count). The quantitative estimate of drug-likeness (QED) is 0.148. The molecule has 0 saturated heterocycles. The lowest BCUT2D eigenvalue weighted by Gasteiger charge is -2.28. The van der Waals surface area contributed by atoms with Gasteiger partial charge in [0.1, 0.15) is 6.10 Å². The van der Waals surface area contributed by atoms with Gasteiger partial charge in [-0.25, -0.2) is 5.43 Å². The second-order valence-corrected chi connectivity index (χ2v) is 7.37. The molecule has 0 fully saturated rings. The van der Waals surface area contributed by atoms with Crippen LogP contribution < -0.4 is 10.7 Å². The highest BCUT2D eigenvalue weighted by molar-refractivity contribution is 6.27. The number of ketones is 1. The van der Waals surface area contributed by atoms with Gasteiger partial charge in [0.05, 0.1) is 6.61 Å². The summed E-state index contributed by atoms with van der Waals surface area (Å²) in [4.78, 5) is 38.6. The number of hydroxylamine groups is 1. The number of Topliss-reactive ketones (excluding diaryl/α,β-unsaturated/α-hetero) is 1. The molecular weight excluding hydrogens is 426 g/mol. The Labute approximate surface area is 192 Å². The van der Waals surface area contributed by atoms with Gasteiger partial charge in [-0.2, -0.15) is 0 Å². The minimum Gasteiger partial charge on any atom is -0.386 e. The number of methoxy groups -OCH3 is 1. The van der Waals surface area contributed by atoms with Gasteiger partial charge >= 0.3 is 0 Å². The van der Waals surface area contributed by atoms with Gasteiger partial charge in [-0.15, -0.1) is 11.6 Å². The lowest BCUT2D eigenvalue weighted by molar-refractivity contribution is -0.186. The second-order valence-electron chi connectivity index (χ2n) is 7.37. The largest absolute Gasteiger partial charge is 0.386 e. The maximum absolute atomic E-state index is 13.4. The first kappa shape index (κ1) is 25.7. The number of terminal acetylenes is 1. The number of benzene rings is 2. The van der Waals surface area contributed by atoms with Crippen molar-refractivity contribution >= 4 is 17.6 Å². The van der Waals surface area contributed by atoms with Crippen LogP contribution in [0.2, 0.25) is 0 Å². The van der Waals surface area contributed by atoms with E-state index in [9.17, 15) is 24.7 Å². The lowest BCUT2D eigenvalue weighted by Crippen LogP contribution is -2.56. The SMILES string of the molecule is C#Cc1cc(-c2ccc([C@H](O)COC)cc2)ccc1C(=O)[C@@](C)(C(=O)NC)C(=O)N(O)NC. The van der Waals surface area contributed by atoms with Crippen molar-refractivity contribution < 1.29 is 29.4 Å². The van der Waals surface area contributed by atoms with Gasteiger partial charge < -0.3 is 15.2 Å². The summed E-state index contributed by atoms with van der Waals surface area (Å²) < 4.78 is 4.95. The Morgan fingerprint density at radius 1 is 1.15 bits per heavy atom. The van der Waals surface area contributed by atoms with Gasteiger partial charge in [0.15, 0.2) is 11.2 Å². The van der Waals surface area contributed by atoms with Crippen LogP contribution in [0.25, 0.3) is 11.1 Å². The summed E-state index contributed by atoms with van der Waals surface area (Å²) in [5.41, 5.74) is 2.23. The van der Waals surface area contributed by atoms with Gasteiger partial charge in [-0.05, 0) is 35.7 Å². The van der Waals surface area contributed by atoms with Crippen molar-refractivity contribution in [3.8, 4) is 23.5 Å². The van der Waals surface area contributed by atoms with E-state index in [1.165, 1.54) is 27.3 Å². The molecule has 4 N–H and O–H groups in total. The van der Waals surface area contributed by atoms with Gasteiger partial charge in [-0.3, -0.25) is 19.6 Å². The number of amides is 2. The van der Waals surface area contributed by atoms with E-state index in [1.54, 1.807) is 36.4 Å². The molecule has 0 spiro atoms. The molecule has 2 amide bonds. The topological polar surface area (TPSA) is 128 Å². The molecule has 9 heteroatoms. The van der Waals surface area contributed by atoms with E-state index in [0.29, 0.717) is 11.1 Å². The zero-order valence-electron chi connectivity index (χ0n) is 18.9. The fourth-order valence-corrected chi connectivity index (χ4v) is 3.32. The third-order valence-corrected chi connectivity index (χ3v) is 5.34. The number of hydrogen-bond donors (Lipinski definition) is 4. The molecule has 2 aromatic rings. The van der Waals surface area contributed by atoms with Gasteiger partial charge in [-0.1, -0.05) is 36.3 Å². The summed E-state index contributed by atoms with van der Waals surface area (Å²) in [5, 5.41) is 22.2. The van der Waals surface area contributed by atoms with Crippen molar-refractivity contribution in [2.24, 2.45) is 5.41 Å². The first-order chi connectivity index (χ1) is 15.6. The molecule has 2 aromatic carbocycles. The smallest absolute Gasteiger partial charge is 0.284 e. The van der Waals surface area contributed by atoms with E-state index in [4.69, 9.17) is 11.2 Å². The highest BCUT2D eigenvalue weighted by Gasteiger charge is 2.51. The Morgan fingerprint density at radius 3 is 2.27 bits per heavy atom. The zero-order chi connectivity index (χ0) is 24.8. The van der Waals surface area contributed by atoms with Crippen LogP contribution in [0.1, 0.15) is 34.5 Å². The van der Waals surface area contributed by atoms with Crippen LogP contribution in [0.5, 0.6) is 0 Å². The fraction of sp³-hybridized carbons (Fsp3) is 0.292. The summed E-state index contributed by atoms with van der Waals surface area (Å²) in [5.74, 6) is -0.490. The number of hydrogen-bond acceptors (Lipinski definition) is 7. The molecule has 0 aromatic heterocycles. The molecule has 174 valence electrons. The van der Waals surface area contributed by atoms with Crippen molar-refractivity contribution in [2.45, 2.75) is 13.0 Å². The first-order valence-electron chi connectivity index (χ1n) is 10.0. The van der Waals surface area contributed by atoms with Crippen LogP contribution in [0.3, 0.4) is 0 Å². The minimum absolute atomic E-state index is 0.0164. The number of ether oxygens (including phenoxy) is 1. The highest BCUT2D eigenvalue weighted by atomic mass is 16.6. The number of carbonyl (C=O) groups is 3. The van der Waals surface area contributed by atoms with Crippen molar-refractivity contribution in [1.29, 1.82) is 0 Å². The summed E-state index contributed by atoms with van der Waals surface area (Å²) in [6.07, 6.45) is 4.88. The fourth-order valence-electron chi connectivity index (χ4n) is 3.32. The third kappa shape index (κ3) is 5.10. The lowest BCUT2D eigenvalue weighted by atomic mass is 9.78. The van der Waals surface area contributed by atoms with Crippen molar-refractivity contribution in [3.05, 3.63) is 59.2 Å². The normalized spacial score (nSPS) is 13.4. The summed E-state index contributed by atoms with van der Waals surface area (Å²) in [6, 6.07) is 11.8. The molecular formula is C24H27N3O6. The average molecular weight is 453 g/mol. The van der Waals surface area contributed by atoms with Crippen molar-refractivity contribution in [3.63, 3.8) is 0 Å². The first-order valence-corrected chi connectivity index (χ1v) is 10.0. The summed E-state index contributed by atoms with van der Waals surface area (Å²) in [6.45, 7) is 1.29. The standard InChI is InChI=1S/C24H27N3O6/c1-6-15-13-18(16-7-9-17(10-8-16)20(28)14-33-5)11-12-19(15)21(29)24(2,22(30)25-3)23(31)27(32)26-4/h1,7-13,20,26,28,32H,14H2,2-5H3,(H,25,30)/t20-,24+/m1/s1. The maximum Gasteiger partial charge on any atom is 0.284 e. The minimum atomic E-state index is -2.27. The summed E-state index contributed by atoms with van der Waals surface area (Å²) >= 11 is 0. The average Bonchev–Trinajstić information content (AvgIpc) is 2.85. The number of aliphatic hydroxyl groups excluding tert-OH is 1. The Bertz CT molecular complexity index is 1080. The number of hydrazine groups is 1. The molecule has 33 heavy (non-hydrogen) atoms. The van der Waals surface area contributed by atoms with Crippen LogP contribution in [-0.2, 0) is 14.3 Å². The molecule has 9 nitrogen and oxygen atoms in total. The van der Waals surface area contributed by atoms with E-state index in [0.717, 1.165) is 12.5 Å². The predicted octanol–water partition coefficient (Wildman–Crippen LogP) is 1.30. The van der Waals surface area contributed by atoms with Gasteiger partial charge in [0.25, 0.3) is 5.91 Å². The summed E-state index contributed by atoms with van der Waals surface area (Å²) in [7, 11) is 4.04.